The molecule has 5 nitrogen and oxygen atoms in total. The van der Waals surface area contributed by atoms with E-state index in [9.17, 15) is 9.59 Å². The molecule has 98 valence electrons. The second-order valence-electron chi connectivity index (χ2n) is 4.25. The highest BCUT2D eigenvalue weighted by Gasteiger charge is 2.18. The molecular weight excluding hydrogens is 230 g/mol. The van der Waals surface area contributed by atoms with Crippen LogP contribution < -0.4 is 11.1 Å². The first kappa shape index (κ1) is 14.2. The van der Waals surface area contributed by atoms with Gasteiger partial charge in [-0.2, -0.15) is 0 Å². The Morgan fingerprint density at radius 1 is 1.33 bits per heavy atom. The summed E-state index contributed by atoms with van der Waals surface area (Å²) in [6.45, 7) is 2.05. The summed E-state index contributed by atoms with van der Waals surface area (Å²) in [4.78, 5) is 24.8. The molecule has 0 aliphatic rings. The van der Waals surface area contributed by atoms with E-state index in [1.54, 1.807) is 26.1 Å². The molecule has 0 fully saturated rings. The van der Waals surface area contributed by atoms with Gasteiger partial charge in [-0.15, -0.1) is 0 Å². The largest absolute Gasteiger partial charge is 0.336 e. The first-order valence-corrected chi connectivity index (χ1v) is 5.84. The number of anilines is 1. The van der Waals surface area contributed by atoms with Crippen LogP contribution in [0.15, 0.2) is 30.3 Å². The van der Waals surface area contributed by atoms with Gasteiger partial charge in [-0.05, 0) is 12.1 Å². The lowest BCUT2D eigenvalue weighted by atomic mass is 10.1. The molecule has 18 heavy (non-hydrogen) atoms. The maximum absolute atomic E-state index is 11.7. The van der Waals surface area contributed by atoms with Crippen LogP contribution in [0.1, 0.15) is 6.92 Å². The van der Waals surface area contributed by atoms with Crippen LogP contribution in [0.2, 0.25) is 0 Å². The molecule has 0 bridgehead atoms. The number of para-hydroxylation sites is 1. The van der Waals surface area contributed by atoms with E-state index >= 15 is 0 Å². The van der Waals surface area contributed by atoms with Crippen molar-refractivity contribution in [3.05, 3.63) is 30.3 Å². The molecule has 0 spiro atoms. The number of hydrogen-bond donors (Lipinski definition) is 2. The number of likely N-dealkylation sites (N-methyl/N-ethyl adjacent to an activating group) is 1. The predicted molar refractivity (Wildman–Crippen MR) is 70.9 cm³/mol. The maximum atomic E-state index is 11.7. The molecule has 1 aromatic rings. The van der Waals surface area contributed by atoms with E-state index in [1.165, 1.54) is 4.90 Å². The Balaban J connectivity index is 2.48. The van der Waals surface area contributed by atoms with Gasteiger partial charge in [-0.1, -0.05) is 25.1 Å². The van der Waals surface area contributed by atoms with Gasteiger partial charge in [0, 0.05) is 25.2 Å². The van der Waals surface area contributed by atoms with Crippen molar-refractivity contribution in [1.82, 2.24) is 4.90 Å². The number of nitrogens with one attached hydrogen (secondary N) is 1. The molecule has 1 atom stereocenters. The molecule has 0 saturated heterocycles. The lowest BCUT2D eigenvalue weighted by Gasteiger charge is -2.20. The van der Waals surface area contributed by atoms with Crippen LogP contribution in [0.3, 0.4) is 0 Å². The van der Waals surface area contributed by atoms with Gasteiger partial charge >= 0.3 is 0 Å². The van der Waals surface area contributed by atoms with Crippen molar-refractivity contribution in [2.75, 3.05) is 25.5 Å². The summed E-state index contributed by atoms with van der Waals surface area (Å²) in [5.41, 5.74) is 6.13. The summed E-state index contributed by atoms with van der Waals surface area (Å²) in [7, 11) is 1.60. The lowest BCUT2D eigenvalue weighted by molar-refractivity contribution is -0.136. The van der Waals surface area contributed by atoms with Crippen molar-refractivity contribution in [2.45, 2.75) is 6.92 Å². The van der Waals surface area contributed by atoms with Gasteiger partial charge in [0.2, 0.25) is 11.8 Å². The topological polar surface area (TPSA) is 75.4 Å². The van der Waals surface area contributed by atoms with Crippen LogP contribution in [0.25, 0.3) is 0 Å². The molecule has 0 aliphatic heterocycles. The number of carbonyl (C=O) groups excluding carboxylic acids is 2. The number of hydrogen-bond acceptors (Lipinski definition) is 3. The van der Waals surface area contributed by atoms with E-state index in [4.69, 9.17) is 5.73 Å². The van der Waals surface area contributed by atoms with Crippen LogP contribution in [0.4, 0.5) is 5.69 Å². The quantitative estimate of drug-likeness (QED) is 0.805. The molecule has 2 amide bonds. The van der Waals surface area contributed by atoms with Gasteiger partial charge in [-0.25, -0.2) is 0 Å². The summed E-state index contributed by atoms with van der Waals surface area (Å²) < 4.78 is 0. The Bertz CT molecular complexity index is 406. The molecule has 5 heteroatoms. The summed E-state index contributed by atoms with van der Waals surface area (Å²) in [5.74, 6) is -0.610. The van der Waals surface area contributed by atoms with E-state index in [1.807, 2.05) is 18.2 Å². The minimum Gasteiger partial charge on any atom is -0.336 e. The van der Waals surface area contributed by atoms with Crippen LogP contribution in [-0.4, -0.2) is 36.9 Å². The second kappa shape index (κ2) is 6.76. The van der Waals surface area contributed by atoms with Crippen molar-refractivity contribution < 1.29 is 9.59 Å². The normalized spacial score (nSPS) is 11.7. The first-order chi connectivity index (χ1) is 8.54. The Hall–Kier alpha value is -1.88. The number of nitrogens with zero attached hydrogens (tertiary/aromatic N) is 1. The predicted octanol–water partition coefficient (Wildman–Crippen LogP) is 0.678. The number of benzene rings is 1. The smallest absolute Gasteiger partial charge is 0.243 e. The Morgan fingerprint density at radius 3 is 2.50 bits per heavy atom. The Morgan fingerprint density at radius 2 is 1.94 bits per heavy atom. The average Bonchev–Trinajstić information content (AvgIpc) is 2.37. The zero-order valence-corrected chi connectivity index (χ0v) is 10.7. The van der Waals surface area contributed by atoms with E-state index < -0.39 is 0 Å². The van der Waals surface area contributed by atoms with Crippen LogP contribution in [-0.2, 0) is 9.59 Å². The SMILES string of the molecule is CC(CN)C(=O)N(C)CC(=O)Nc1ccccc1. The summed E-state index contributed by atoms with van der Waals surface area (Å²) in [6.07, 6.45) is 0. The summed E-state index contributed by atoms with van der Waals surface area (Å²) in [6, 6.07) is 9.13. The fourth-order valence-electron chi connectivity index (χ4n) is 1.49. The maximum Gasteiger partial charge on any atom is 0.243 e. The van der Waals surface area contributed by atoms with Gasteiger partial charge in [0.05, 0.1) is 6.54 Å². The zero-order valence-electron chi connectivity index (χ0n) is 10.7. The lowest BCUT2D eigenvalue weighted by Crippen LogP contribution is -2.39. The Labute approximate surface area is 107 Å². The molecule has 0 radical (unpaired) electrons. The van der Waals surface area contributed by atoms with Crippen LogP contribution >= 0.6 is 0 Å². The van der Waals surface area contributed by atoms with Crippen molar-refractivity contribution in [2.24, 2.45) is 11.7 Å². The van der Waals surface area contributed by atoms with Gasteiger partial charge in [0.15, 0.2) is 0 Å². The molecule has 3 N–H and O–H groups in total. The van der Waals surface area contributed by atoms with Crippen LogP contribution in [0, 0.1) is 5.92 Å². The third kappa shape index (κ3) is 4.18. The van der Waals surface area contributed by atoms with E-state index in [0.717, 1.165) is 5.69 Å². The van der Waals surface area contributed by atoms with Gasteiger partial charge < -0.3 is 16.0 Å². The summed E-state index contributed by atoms with van der Waals surface area (Å²) >= 11 is 0. The third-order valence-electron chi connectivity index (χ3n) is 2.59. The highest BCUT2D eigenvalue weighted by molar-refractivity contribution is 5.94. The van der Waals surface area contributed by atoms with Crippen molar-refractivity contribution in [3.8, 4) is 0 Å². The number of nitrogens with two attached hydrogens (primary N) is 1. The standard InChI is InChI=1S/C13H19N3O2/c1-10(8-14)13(18)16(2)9-12(17)15-11-6-4-3-5-7-11/h3-7,10H,8-9,14H2,1-2H3,(H,15,17). The molecule has 1 aromatic carbocycles. The minimum atomic E-state index is -0.264. The highest BCUT2D eigenvalue weighted by atomic mass is 16.2. The van der Waals surface area contributed by atoms with E-state index in [2.05, 4.69) is 5.32 Å². The number of rotatable bonds is 5. The Kier molecular flexibility index (Phi) is 5.32. The fraction of sp³-hybridized carbons (Fsp3) is 0.385. The monoisotopic (exact) mass is 249 g/mol. The third-order valence-corrected chi connectivity index (χ3v) is 2.59. The molecule has 1 unspecified atom stereocenters. The van der Waals surface area contributed by atoms with Gasteiger partial charge in [-0.3, -0.25) is 9.59 Å². The van der Waals surface area contributed by atoms with Crippen molar-refractivity contribution in [3.63, 3.8) is 0 Å². The number of amides is 2. The van der Waals surface area contributed by atoms with Crippen molar-refractivity contribution in [1.29, 1.82) is 0 Å². The minimum absolute atomic E-state index is 0.0259. The van der Waals surface area contributed by atoms with E-state index in [-0.39, 0.29) is 30.8 Å². The molecule has 0 aliphatic carbocycles. The van der Waals surface area contributed by atoms with Gasteiger partial charge in [0.1, 0.15) is 0 Å². The number of carbonyl (C=O) groups is 2. The molecular formula is C13H19N3O2. The average molecular weight is 249 g/mol. The molecule has 0 heterocycles. The zero-order chi connectivity index (χ0) is 13.5. The van der Waals surface area contributed by atoms with Crippen molar-refractivity contribution >= 4 is 17.5 Å². The van der Waals surface area contributed by atoms with Gasteiger partial charge in [0.25, 0.3) is 0 Å². The summed E-state index contributed by atoms with van der Waals surface area (Å²) in [5, 5.41) is 2.72. The molecule has 0 saturated carbocycles. The molecule has 0 aromatic heterocycles. The highest BCUT2D eigenvalue weighted by Crippen LogP contribution is 2.05. The molecule has 1 rings (SSSR count). The van der Waals surface area contributed by atoms with Crippen LogP contribution in [0.5, 0.6) is 0 Å². The first-order valence-electron chi connectivity index (χ1n) is 5.84. The van der Waals surface area contributed by atoms with E-state index in [0.29, 0.717) is 0 Å². The second-order valence-corrected chi connectivity index (χ2v) is 4.25. The fourth-order valence-corrected chi connectivity index (χ4v) is 1.49.